The molecule has 0 N–H and O–H groups in total. The first-order valence-electron chi connectivity index (χ1n) is 7.26. The van der Waals surface area contributed by atoms with E-state index in [1.165, 1.54) is 0 Å². The van der Waals surface area contributed by atoms with E-state index in [0.717, 1.165) is 25.7 Å². The monoisotopic (exact) mass is 269 g/mol. The van der Waals surface area contributed by atoms with E-state index < -0.39 is 6.04 Å². The lowest BCUT2D eigenvalue weighted by Crippen LogP contribution is -2.52. The Hall–Kier alpha value is -1.10. The second kappa shape index (κ2) is 6.37. The number of piperidine rings is 1. The molecule has 0 aromatic rings. The molecule has 3 unspecified atom stereocenters. The van der Waals surface area contributed by atoms with Crippen LogP contribution < -0.4 is 0 Å². The molecule has 2 heterocycles. The van der Waals surface area contributed by atoms with Gasteiger partial charge in [-0.3, -0.25) is 4.79 Å². The topological polar surface area (TPSA) is 55.8 Å². The molecule has 2 rings (SSSR count). The van der Waals surface area contributed by atoms with Crippen LogP contribution in [0.25, 0.3) is 0 Å². The highest BCUT2D eigenvalue weighted by atomic mass is 16.5. The molecule has 5 nitrogen and oxygen atoms in total. The summed E-state index contributed by atoms with van der Waals surface area (Å²) in [6.07, 6.45) is 4.05. The van der Waals surface area contributed by atoms with Gasteiger partial charge in [0.05, 0.1) is 12.7 Å². The maximum absolute atomic E-state index is 12.5. The van der Waals surface area contributed by atoms with Gasteiger partial charge in [0, 0.05) is 6.54 Å². The van der Waals surface area contributed by atoms with Gasteiger partial charge in [0.25, 0.3) is 5.91 Å². The molecule has 19 heavy (non-hydrogen) atoms. The van der Waals surface area contributed by atoms with Gasteiger partial charge in [-0.05, 0) is 46.0 Å². The van der Waals surface area contributed by atoms with Gasteiger partial charge in [-0.2, -0.15) is 0 Å². The van der Waals surface area contributed by atoms with Crippen LogP contribution in [0.1, 0.15) is 46.0 Å². The van der Waals surface area contributed by atoms with Gasteiger partial charge in [0.1, 0.15) is 12.1 Å². The van der Waals surface area contributed by atoms with E-state index in [1.807, 2.05) is 6.92 Å². The number of amides is 1. The molecule has 108 valence electrons. The van der Waals surface area contributed by atoms with E-state index in [4.69, 9.17) is 9.47 Å². The van der Waals surface area contributed by atoms with Crippen LogP contribution in [0.4, 0.5) is 0 Å². The van der Waals surface area contributed by atoms with Crippen LogP contribution in [0.15, 0.2) is 0 Å². The van der Waals surface area contributed by atoms with Crippen molar-refractivity contribution in [2.75, 3.05) is 13.2 Å². The summed E-state index contributed by atoms with van der Waals surface area (Å²) < 4.78 is 10.7. The second-order valence-electron chi connectivity index (χ2n) is 5.31. The average Bonchev–Trinajstić information content (AvgIpc) is 2.85. The number of ether oxygens (including phenoxy) is 2. The lowest BCUT2D eigenvalue weighted by molar-refractivity contribution is -0.160. The zero-order valence-corrected chi connectivity index (χ0v) is 11.8. The van der Waals surface area contributed by atoms with E-state index in [9.17, 15) is 9.59 Å². The highest BCUT2D eigenvalue weighted by molar-refractivity contribution is 5.87. The van der Waals surface area contributed by atoms with Crippen molar-refractivity contribution in [3.8, 4) is 0 Å². The zero-order chi connectivity index (χ0) is 13.8. The van der Waals surface area contributed by atoms with E-state index in [1.54, 1.807) is 11.8 Å². The first-order valence-corrected chi connectivity index (χ1v) is 7.26. The predicted molar refractivity (Wildman–Crippen MR) is 69.6 cm³/mol. The fourth-order valence-corrected chi connectivity index (χ4v) is 2.85. The predicted octanol–water partition coefficient (Wildman–Crippen LogP) is 1.50. The van der Waals surface area contributed by atoms with Gasteiger partial charge in [0.15, 0.2) is 0 Å². The van der Waals surface area contributed by atoms with Crippen molar-refractivity contribution in [1.29, 1.82) is 0 Å². The molecule has 2 saturated heterocycles. The normalized spacial score (nSPS) is 31.3. The van der Waals surface area contributed by atoms with Crippen LogP contribution >= 0.6 is 0 Å². The van der Waals surface area contributed by atoms with E-state index >= 15 is 0 Å². The van der Waals surface area contributed by atoms with Gasteiger partial charge in [-0.1, -0.05) is 0 Å². The Bertz CT molecular complexity index is 344. The summed E-state index contributed by atoms with van der Waals surface area (Å²) in [6, 6.07) is -0.416. The van der Waals surface area contributed by atoms with E-state index in [2.05, 4.69) is 0 Å². The van der Waals surface area contributed by atoms with Crippen molar-refractivity contribution in [2.24, 2.45) is 0 Å². The number of esters is 1. The summed E-state index contributed by atoms with van der Waals surface area (Å²) in [6.45, 7) is 4.76. The highest BCUT2D eigenvalue weighted by Gasteiger charge is 2.38. The Morgan fingerprint density at radius 1 is 1.26 bits per heavy atom. The van der Waals surface area contributed by atoms with E-state index in [-0.39, 0.29) is 24.1 Å². The molecule has 1 amide bonds. The van der Waals surface area contributed by atoms with Crippen LogP contribution in [0.2, 0.25) is 0 Å². The summed E-state index contributed by atoms with van der Waals surface area (Å²) >= 11 is 0. The fraction of sp³-hybridized carbons (Fsp3) is 0.857. The van der Waals surface area contributed by atoms with Gasteiger partial charge < -0.3 is 14.4 Å². The minimum atomic E-state index is -0.416. The largest absolute Gasteiger partial charge is 0.464 e. The molecule has 2 aliphatic rings. The second-order valence-corrected chi connectivity index (χ2v) is 5.31. The highest BCUT2D eigenvalue weighted by Crippen LogP contribution is 2.25. The number of nitrogens with zero attached hydrogens (tertiary/aromatic N) is 1. The van der Waals surface area contributed by atoms with Gasteiger partial charge in [-0.15, -0.1) is 0 Å². The van der Waals surface area contributed by atoms with Crippen LogP contribution in [0.3, 0.4) is 0 Å². The third-order valence-electron chi connectivity index (χ3n) is 3.85. The Kier molecular flexibility index (Phi) is 4.80. The van der Waals surface area contributed by atoms with Crippen molar-refractivity contribution >= 4 is 11.9 Å². The summed E-state index contributed by atoms with van der Waals surface area (Å²) in [4.78, 5) is 26.1. The standard InChI is InChI=1S/C14H23NO4/c1-3-18-14(17)11-6-4-5-9-15(11)13(16)12-8-7-10(2)19-12/h10-12H,3-9H2,1-2H3. The molecular weight excluding hydrogens is 246 g/mol. The first-order chi connectivity index (χ1) is 9.13. The SMILES string of the molecule is CCOC(=O)C1CCCCN1C(=O)C1CCC(C)O1. The first kappa shape index (κ1) is 14.3. The smallest absolute Gasteiger partial charge is 0.328 e. The molecule has 0 bridgehead atoms. The zero-order valence-electron chi connectivity index (χ0n) is 11.8. The van der Waals surface area contributed by atoms with Crippen molar-refractivity contribution in [3.05, 3.63) is 0 Å². The summed E-state index contributed by atoms with van der Waals surface area (Å²) in [5.74, 6) is -0.316. The van der Waals surface area contributed by atoms with Crippen molar-refractivity contribution in [1.82, 2.24) is 4.90 Å². The molecule has 2 aliphatic heterocycles. The molecule has 0 radical (unpaired) electrons. The lowest BCUT2D eigenvalue weighted by Gasteiger charge is -2.35. The average molecular weight is 269 g/mol. The maximum Gasteiger partial charge on any atom is 0.328 e. The third-order valence-corrected chi connectivity index (χ3v) is 3.85. The molecule has 0 aromatic heterocycles. The molecular formula is C14H23NO4. The molecule has 2 fully saturated rings. The third kappa shape index (κ3) is 3.26. The summed E-state index contributed by atoms with van der Waals surface area (Å²) in [5, 5.41) is 0. The van der Waals surface area contributed by atoms with Crippen LogP contribution in [0.5, 0.6) is 0 Å². The number of hydrogen-bond acceptors (Lipinski definition) is 4. The summed E-state index contributed by atoms with van der Waals surface area (Å²) in [7, 11) is 0. The molecule has 0 spiro atoms. The van der Waals surface area contributed by atoms with Gasteiger partial charge in [0.2, 0.25) is 0 Å². The molecule has 0 aromatic carbocycles. The minimum Gasteiger partial charge on any atom is -0.464 e. The number of hydrogen-bond donors (Lipinski definition) is 0. The Morgan fingerprint density at radius 2 is 2.05 bits per heavy atom. The summed E-state index contributed by atoms with van der Waals surface area (Å²) in [5.41, 5.74) is 0. The number of likely N-dealkylation sites (tertiary alicyclic amines) is 1. The fourth-order valence-electron chi connectivity index (χ4n) is 2.85. The van der Waals surface area contributed by atoms with Gasteiger partial charge in [-0.25, -0.2) is 4.79 Å². The molecule has 5 heteroatoms. The number of carbonyl (C=O) groups excluding carboxylic acids is 2. The van der Waals surface area contributed by atoms with Crippen LogP contribution in [-0.4, -0.2) is 48.2 Å². The lowest BCUT2D eigenvalue weighted by atomic mass is 10.0. The van der Waals surface area contributed by atoms with Crippen molar-refractivity contribution in [2.45, 2.75) is 64.2 Å². The van der Waals surface area contributed by atoms with Crippen LogP contribution in [0, 0.1) is 0 Å². The number of carbonyl (C=O) groups is 2. The van der Waals surface area contributed by atoms with Crippen molar-refractivity contribution in [3.63, 3.8) is 0 Å². The van der Waals surface area contributed by atoms with E-state index in [0.29, 0.717) is 19.6 Å². The van der Waals surface area contributed by atoms with Crippen molar-refractivity contribution < 1.29 is 19.1 Å². The Labute approximate surface area is 114 Å². The molecule has 0 aliphatic carbocycles. The van der Waals surface area contributed by atoms with Crippen LogP contribution in [-0.2, 0) is 19.1 Å². The minimum absolute atomic E-state index is 0.0397. The Balaban J connectivity index is 2.02. The molecule has 3 atom stereocenters. The quantitative estimate of drug-likeness (QED) is 0.729. The Morgan fingerprint density at radius 3 is 2.68 bits per heavy atom. The molecule has 0 saturated carbocycles. The van der Waals surface area contributed by atoms with Gasteiger partial charge >= 0.3 is 5.97 Å². The maximum atomic E-state index is 12.5. The number of rotatable bonds is 3.